The average molecular weight is 263 g/mol. The molecule has 0 unspecified atom stereocenters. The number of nitrogens with zero attached hydrogens (tertiary/aromatic N) is 2. The SMILES string of the molecule is COC1(c2nccc(CNC(C)(C)C)n2)CCCC1. The Morgan fingerprint density at radius 1 is 1.32 bits per heavy atom. The third-order valence-electron chi connectivity index (χ3n) is 3.72. The summed E-state index contributed by atoms with van der Waals surface area (Å²) >= 11 is 0. The van der Waals surface area contributed by atoms with Crippen LogP contribution in [0.15, 0.2) is 12.3 Å². The lowest BCUT2D eigenvalue weighted by Crippen LogP contribution is -2.35. The molecule has 1 aliphatic carbocycles. The molecule has 1 fully saturated rings. The van der Waals surface area contributed by atoms with Gasteiger partial charge in [-0.25, -0.2) is 9.97 Å². The summed E-state index contributed by atoms with van der Waals surface area (Å²) in [4.78, 5) is 9.15. The van der Waals surface area contributed by atoms with Crippen LogP contribution in [-0.4, -0.2) is 22.6 Å². The van der Waals surface area contributed by atoms with Crippen LogP contribution in [0.5, 0.6) is 0 Å². The van der Waals surface area contributed by atoms with Crippen LogP contribution in [-0.2, 0) is 16.9 Å². The summed E-state index contributed by atoms with van der Waals surface area (Å²) < 4.78 is 5.74. The summed E-state index contributed by atoms with van der Waals surface area (Å²) in [5.74, 6) is 0.848. The number of nitrogens with one attached hydrogen (secondary N) is 1. The number of hydrogen-bond acceptors (Lipinski definition) is 4. The zero-order valence-electron chi connectivity index (χ0n) is 12.5. The summed E-state index contributed by atoms with van der Waals surface area (Å²) in [5, 5.41) is 3.46. The van der Waals surface area contributed by atoms with Crippen molar-refractivity contribution in [2.45, 2.75) is 64.1 Å². The van der Waals surface area contributed by atoms with Crippen molar-refractivity contribution in [2.75, 3.05) is 7.11 Å². The van der Waals surface area contributed by atoms with Gasteiger partial charge in [0.25, 0.3) is 0 Å². The van der Waals surface area contributed by atoms with E-state index in [9.17, 15) is 0 Å². The van der Waals surface area contributed by atoms with Crippen LogP contribution in [0.4, 0.5) is 0 Å². The van der Waals surface area contributed by atoms with E-state index in [0.717, 1.165) is 30.9 Å². The molecule has 4 nitrogen and oxygen atoms in total. The van der Waals surface area contributed by atoms with Gasteiger partial charge in [-0.3, -0.25) is 0 Å². The maximum Gasteiger partial charge on any atom is 0.160 e. The number of ether oxygens (including phenoxy) is 1. The van der Waals surface area contributed by atoms with Gasteiger partial charge in [-0.1, -0.05) is 0 Å². The molecule has 2 rings (SSSR count). The molecule has 1 saturated carbocycles. The van der Waals surface area contributed by atoms with Gasteiger partial charge >= 0.3 is 0 Å². The molecule has 4 heteroatoms. The molecule has 0 aromatic carbocycles. The minimum absolute atomic E-state index is 0.0947. The van der Waals surface area contributed by atoms with Crippen molar-refractivity contribution < 1.29 is 4.74 Å². The van der Waals surface area contributed by atoms with Crippen molar-refractivity contribution in [2.24, 2.45) is 0 Å². The molecule has 0 radical (unpaired) electrons. The second-order valence-corrected chi connectivity index (χ2v) is 6.38. The molecular weight excluding hydrogens is 238 g/mol. The zero-order valence-corrected chi connectivity index (χ0v) is 12.5. The number of aromatic nitrogens is 2. The van der Waals surface area contributed by atoms with Crippen LogP contribution >= 0.6 is 0 Å². The first-order chi connectivity index (χ1) is 8.95. The van der Waals surface area contributed by atoms with E-state index >= 15 is 0 Å². The van der Waals surface area contributed by atoms with Crippen LogP contribution in [0.2, 0.25) is 0 Å². The first-order valence-corrected chi connectivity index (χ1v) is 7.08. The van der Waals surface area contributed by atoms with Gasteiger partial charge in [0.05, 0.1) is 5.69 Å². The monoisotopic (exact) mass is 263 g/mol. The molecule has 1 aromatic heterocycles. The molecule has 106 valence electrons. The molecular formula is C15H25N3O. The van der Waals surface area contributed by atoms with Crippen LogP contribution in [0, 0.1) is 0 Å². The van der Waals surface area contributed by atoms with Gasteiger partial charge in [-0.15, -0.1) is 0 Å². The fourth-order valence-corrected chi connectivity index (χ4v) is 2.53. The van der Waals surface area contributed by atoms with Gasteiger partial charge in [-0.05, 0) is 52.5 Å². The normalized spacial score (nSPS) is 18.7. The first-order valence-electron chi connectivity index (χ1n) is 7.08. The van der Waals surface area contributed by atoms with Gasteiger partial charge in [0.2, 0.25) is 0 Å². The van der Waals surface area contributed by atoms with Gasteiger partial charge < -0.3 is 10.1 Å². The summed E-state index contributed by atoms with van der Waals surface area (Å²) in [6, 6.07) is 1.97. The average Bonchev–Trinajstić information content (AvgIpc) is 2.86. The highest BCUT2D eigenvalue weighted by Crippen LogP contribution is 2.39. The topological polar surface area (TPSA) is 47.0 Å². The Bertz CT molecular complexity index is 420. The van der Waals surface area contributed by atoms with Gasteiger partial charge in [-0.2, -0.15) is 0 Å². The van der Waals surface area contributed by atoms with E-state index in [4.69, 9.17) is 9.72 Å². The Hall–Kier alpha value is -1.00. The van der Waals surface area contributed by atoms with E-state index in [0.29, 0.717) is 0 Å². The standard InChI is InChI=1S/C15H25N3O/c1-14(2,3)17-11-12-7-10-16-13(18-12)15(19-4)8-5-6-9-15/h7,10,17H,5-6,8-9,11H2,1-4H3. The fraction of sp³-hybridized carbons (Fsp3) is 0.733. The van der Waals surface area contributed by atoms with Crippen LogP contribution in [0.1, 0.15) is 58.0 Å². The minimum Gasteiger partial charge on any atom is -0.370 e. The molecule has 0 aliphatic heterocycles. The van der Waals surface area contributed by atoms with Crippen molar-refractivity contribution in [3.63, 3.8) is 0 Å². The first kappa shape index (κ1) is 14.4. The predicted molar refractivity (Wildman–Crippen MR) is 75.8 cm³/mol. The predicted octanol–water partition coefficient (Wildman–Crippen LogP) is 2.78. The highest BCUT2D eigenvalue weighted by atomic mass is 16.5. The fourth-order valence-electron chi connectivity index (χ4n) is 2.53. The van der Waals surface area contributed by atoms with Crippen LogP contribution < -0.4 is 5.32 Å². The second-order valence-electron chi connectivity index (χ2n) is 6.38. The third kappa shape index (κ3) is 3.51. The van der Waals surface area contributed by atoms with Gasteiger partial charge in [0, 0.05) is 25.4 Å². The lowest BCUT2D eigenvalue weighted by Gasteiger charge is -2.26. The highest BCUT2D eigenvalue weighted by Gasteiger charge is 2.38. The molecule has 1 N–H and O–H groups in total. The minimum atomic E-state index is -0.252. The smallest absolute Gasteiger partial charge is 0.160 e. The van der Waals surface area contributed by atoms with E-state index in [2.05, 4.69) is 31.1 Å². The molecule has 1 heterocycles. The molecule has 0 atom stereocenters. The number of methoxy groups -OCH3 is 1. The molecule has 0 bridgehead atoms. The number of rotatable bonds is 4. The zero-order chi connectivity index (χ0) is 13.9. The molecule has 0 saturated heterocycles. The van der Waals surface area contributed by atoms with E-state index in [1.165, 1.54) is 12.8 Å². The lowest BCUT2D eigenvalue weighted by atomic mass is 10.0. The quantitative estimate of drug-likeness (QED) is 0.907. The number of hydrogen-bond donors (Lipinski definition) is 1. The van der Waals surface area contributed by atoms with Crippen LogP contribution in [0.3, 0.4) is 0 Å². The summed E-state index contributed by atoms with van der Waals surface area (Å²) in [7, 11) is 1.77. The maximum atomic E-state index is 5.74. The summed E-state index contributed by atoms with van der Waals surface area (Å²) in [6.45, 7) is 7.23. The Labute approximate surface area is 116 Å². The van der Waals surface area contributed by atoms with Crippen molar-refractivity contribution >= 4 is 0 Å². The van der Waals surface area contributed by atoms with Crippen molar-refractivity contribution in [3.05, 3.63) is 23.8 Å². The Morgan fingerprint density at radius 3 is 2.58 bits per heavy atom. The molecule has 0 amide bonds. The Balaban J connectivity index is 2.14. The largest absolute Gasteiger partial charge is 0.370 e. The molecule has 1 aromatic rings. The third-order valence-corrected chi connectivity index (χ3v) is 3.72. The van der Waals surface area contributed by atoms with Crippen molar-refractivity contribution in [1.82, 2.24) is 15.3 Å². The Kier molecular flexibility index (Phi) is 4.21. The van der Waals surface area contributed by atoms with Crippen molar-refractivity contribution in [3.8, 4) is 0 Å². The Morgan fingerprint density at radius 2 is 2.00 bits per heavy atom. The highest BCUT2D eigenvalue weighted by molar-refractivity contribution is 5.10. The van der Waals surface area contributed by atoms with Crippen molar-refractivity contribution in [1.29, 1.82) is 0 Å². The summed E-state index contributed by atoms with van der Waals surface area (Å²) in [5.41, 5.74) is 0.873. The van der Waals surface area contributed by atoms with Gasteiger partial charge in [0.15, 0.2) is 5.82 Å². The van der Waals surface area contributed by atoms with E-state index in [-0.39, 0.29) is 11.1 Å². The lowest BCUT2D eigenvalue weighted by molar-refractivity contribution is -0.0165. The van der Waals surface area contributed by atoms with Crippen LogP contribution in [0.25, 0.3) is 0 Å². The van der Waals surface area contributed by atoms with E-state index in [1.54, 1.807) is 7.11 Å². The van der Waals surface area contributed by atoms with Gasteiger partial charge in [0.1, 0.15) is 5.60 Å². The van der Waals surface area contributed by atoms with E-state index in [1.807, 2.05) is 12.3 Å². The molecule has 0 spiro atoms. The maximum absolute atomic E-state index is 5.74. The van der Waals surface area contributed by atoms with E-state index < -0.39 is 0 Å². The molecule has 1 aliphatic rings. The second kappa shape index (κ2) is 5.55. The molecule has 19 heavy (non-hydrogen) atoms. The summed E-state index contributed by atoms with van der Waals surface area (Å²) in [6.07, 6.45) is 6.30.